The molecule has 1 aromatic rings. The Bertz CT molecular complexity index is 416. The molecule has 0 aliphatic carbocycles. The van der Waals surface area contributed by atoms with Crippen molar-refractivity contribution in [1.82, 2.24) is 0 Å². The number of nitrogens with two attached hydrogens (primary N) is 1. The van der Waals surface area contributed by atoms with Gasteiger partial charge in [0.2, 0.25) is 0 Å². The first kappa shape index (κ1) is 11.1. The number of ether oxygens (including phenoxy) is 1. The smallest absolute Gasteiger partial charge is 0.177 e. The fourth-order valence-electron chi connectivity index (χ4n) is 2.00. The lowest BCUT2D eigenvalue weighted by atomic mass is 10.1. The highest BCUT2D eigenvalue weighted by molar-refractivity contribution is 7.17. The third-order valence-electron chi connectivity index (χ3n) is 2.83. The molecule has 0 unspecified atom stereocenters. The molecule has 1 saturated heterocycles. The Balaban J connectivity index is 2.35. The maximum atomic E-state index is 8.96. The molecule has 0 aromatic carbocycles. The third kappa shape index (κ3) is 1.81. The summed E-state index contributed by atoms with van der Waals surface area (Å²) < 4.78 is 5.30. The van der Waals surface area contributed by atoms with E-state index in [-0.39, 0.29) is 0 Å². The lowest BCUT2D eigenvalue weighted by Gasteiger charge is -2.27. The minimum absolute atomic E-state index is 0.482. The molecule has 1 fully saturated rings. The molecule has 0 bridgehead atoms. The van der Waals surface area contributed by atoms with Crippen LogP contribution in [0.1, 0.15) is 24.1 Å². The van der Waals surface area contributed by atoms with Gasteiger partial charge in [0.05, 0.1) is 7.11 Å². The highest BCUT2D eigenvalue weighted by Gasteiger charge is 2.22. The summed E-state index contributed by atoms with van der Waals surface area (Å²) in [7, 11) is 1.60. The van der Waals surface area contributed by atoms with E-state index in [1.54, 1.807) is 7.11 Å². The number of hydrogen-bond donors (Lipinski definition) is 1. The molecule has 1 aliphatic heterocycles. The molecule has 1 aliphatic rings. The SMILES string of the molecule is COc1c(N2CCCCC2)sc(C#N)c1N. The van der Waals surface area contributed by atoms with Crippen LogP contribution in [0.25, 0.3) is 0 Å². The zero-order chi connectivity index (χ0) is 11.5. The van der Waals surface area contributed by atoms with Crippen molar-refractivity contribution in [3.63, 3.8) is 0 Å². The Hall–Kier alpha value is -1.41. The van der Waals surface area contributed by atoms with Gasteiger partial charge in [0.25, 0.3) is 0 Å². The molecule has 16 heavy (non-hydrogen) atoms. The van der Waals surface area contributed by atoms with Crippen molar-refractivity contribution in [3.8, 4) is 11.8 Å². The number of anilines is 2. The number of methoxy groups -OCH3 is 1. The second-order valence-electron chi connectivity index (χ2n) is 3.84. The first-order valence-corrected chi connectivity index (χ1v) is 6.21. The van der Waals surface area contributed by atoms with Gasteiger partial charge in [-0.15, -0.1) is 11.3 Å². The molecule has 2 rings (SSSR count). The molecular weight excluding hydrogens is 222 g/mol. The fourth-order valence-corrected chi connectivity index (χ4v) is 3.04. The van der Waals surface area contributed by atoms with Crippen LogP contribution in [0.4, 0.5) is 10.7 Å². The molecule has 0 amide bonds. The van der Waals surface area contributed by atoms with Crippen LogP contribution in [0, 0.1) is 11.3 Å². The monoisotopic (exact) mass is 237 g/mol. The van der Waals surface area contributed by atoms with Gasteiger partial charge < -0.3 is 15.4 Å². The van der Waals surface area contributed by atoms with E-state index in [4.69, 9.17) is 15.7 Å². The molecule has 2 N–H and O–H groups in total. The lowest BCUT2D eigenvalue weighted by Crippen LogP contribution is -2.28. The van der Waals surface area contributed by atoms with Gasteiger partial charge in [0.15, 0.2) is 5.75 Å². The first-order chi connectivity index (χ1) is 7.77. The average molecular weight is 237 g/mol. The minimum Gasteiger partial charge on any atom is -0.492 e. The highest BCUT2D eigenvalue weighted by Crippen LogP contribution is 2.44. The van der Waals surface area contributed by atoms with Crippen molar-refractivity contribution in [2.75, 3.05) is 30.8 Å². The molecule has 86 valence electrons. The summed E-state index contributed by atoms with van der Waals surface area (Å²) in [6, 6.07) is 2.12. The summed E-state index contributed by atoms with van der Waals surface area (Å²) >= 11 is 1.43. The predicted molar refractivity (Wildman–Crippen MR) is 66.1 cm³/mol. The van der Waals surface area contributed by atoms with Gasteiger partial charge in [-0.2, -0.15) is 5.26 Å². The van der Waals surface area contributed by atoms with Gasteiger partial charge in [0, 0.05) is 13.1 Å². The second-order valence-corrected chi connectivity index (χ2v) is 4.84. The summed E-state index contributed by atoms with van der Waals surface area (Å²) in [4.78, 5) is 2.82. The Morgan fingerprint density at radius 3 is 2.62 bits per heavy atom. The maximum absolute atomic E-state index is 8.96. The molecule has 0 spiro atoms. The summed E-state index contributed by atoms with van der Waals surface area (Å²) in [6.45, 7) is 2.06. The minimum atomic E-state index is 0.482. The van der Waals surface area contributed by atoms with Crippen LogP contribution in [0.3, 0.4) is 0 Å². The molecule has 0 atom stereocenters. The number of nitrogens with zero attached hydrogens (tertiary/aromatic N) is 2. The van der Waals surface area contributed by atoms with E-state index in [1.807, 2.05) is 0 Å². The van der Waals surface area contributed by atoms with Crippen molar-refractivity contribution in [2.45, 2.75) is 19.3 Å². The maximum Gasteiger partial charge on any atom is 0.177 e. The van der Waals surface area contributed by atoms with Crippen molar-refractivity contribution in [1.29, 1.82) is 5.26 Å². The zero-order valence-corrected chi connectivity index (χ0v) is 10.1. The van der Waals surface area contributed by atoms with Gasteiger partial charge in [-0.05, 0) is 19.3 Å². The van der Waals surface area contributed by atoms with Gasteiger partial charge in [-0.3, -0.25) is 0 Å². The summed E-state index contributed by atoms with van der Waals surface area (Å²) in [5, 5.41) is 9.97. The number of piperidine rings is 1. The number of rotatable bonds is 2. The van der Waals surface area contributed by atoms with Gasteiger partial charge in [0.1, 0.15) is 21.6 Å². The largest absolute Gasteiger partial charge is 0.492 e. The number of thiophene rings is 1. The van der Waals surface area contributed by atoms with Gasteiger partial charge >= 0.3 is 0 Å². The summed E-state index contributed by atoms with van der Waals surface area (Å²) in [5.41, 5.74) is 6.35. The van der Waals surface area contributed by atoms with E-state index in [2.05, 4.69) is 11.0 Å². The van der Waals surface area contributed by atoms with Gasteiger partial charge in [-0.1, -0.05) is 0 Å². The van der Waals surface area contributed by atoms with Crippen LogP contribution in [0.2, 0.25) is 0 Å². The van der Waals surface area contributed by atoms with E-state index in [9.17, 15) is 0 Å². The van der Waals surface area contributed by atoms with E-state index in [0.717, 1.165) is 18.1 Å². The topological polar surface area (TPSA) is 62.3 Å². The second kappa shape index (κ2) is 4.62. The highest BCUT2D eigenvalue weighted by atomic mass is 32.1. The van der Waals surface area contributed by atoms with E-state index < -0.39 is 0 Å². The lowest BCUT2D eigenvalue weighted by molar-refractivity contribution is 0.417. The normalized spacial score (nSPS) is 15.9. The van der Waals surface area contributed by atoms with Crippen LogP contribution in [0.15, 0.2) is 0 Å². The Labute approximate surface area is 99.2 Å². The van der Waals surface area contributed by atoms with E-state index >= 15 is 0 Å². The summed E-state index contributed by atoms with van der Waals surface area (Å²) in [6.07, 6.45) is 3.68. The molecule has 1 aromatic heterocycles. The molecule has 5 heteroatoms. The molecule has 4 nitrogen and oxygen atoms in total. The Morgan fingerprint density at radius 1 is 1.38 bits per heavy atom. The van der Waals surface area contributed by atoms with Crippen molar-refractivity contribution >= 4 is 22.0 Å². The zero-order valence-electron chi connectivity index (χ0n) is 9.32. The average Bonchev–Trinajstić information content (AvgIpc) is 2.66. The van der Waals surface area contributed by atoms with Crippen LogP contribution < -0.4 is 15.4 Å². The predicted octanol–water partition coefficient (Wildman–Crippen LogP) is 2.20. The fraction of sp³-hybridized carbons (Fsp3) is 0.545. The van der Waals surface area contributed by atoms with Gasteiger partial charge in [-0.25, -0.2) is 0 Å². The number of hydrogen-bond acceptors (Lipinski definition) is 5. The molecular formula is C11H15N3OS. The van der Waals surface area contributed by atoms with Crippen LogP contribution in [-0.4, -0.2) is 20.2 Å². The van der Waals surface area contributed by atoms with Crippen LogP contribution in [0.5, 0.6) is 5.75 Å². The summed E-state index contributed by atoms with van der Waals surface area (Å²) in [5.74, 6) is 0.670. The van der Waals surface area contributed by atoms with Crippen LogP contribution in [-0.2, 0) is 0 Å². The number of nitriles is 1. The standard InChI is InChI=1S/C11H15N3OS/c1-15-10-9(13)8(7-12)16-11(10)14-5-3-2-4-6-14/h2-6,13H2,1H3. The molecule has 0 saturated carbocycles. The first-order valence-electron chi connectivity index (χ1n) is 5.39. The Morgan fingerprint density at radius 2 is 2.06 bits per heavy atom. The molecule has 2 heterocycles. The van der Waals surface area contributed by atoms with Crippen molar-refractivity contribution < 1.29 is 4.74 Å². The molecule has 0 radical (unpaired) electrons. The van der Waals surface area contributed by atoms with E-state index in [1.165, 1.54) is 30.6 Å². The number of nitrogen functional groups attached to an aromatic ring is 1. The quantitative estimate of drug-likeness (QED) is 0.856. The van der Waals surface area contributed by atoms with Crippen LogP contribution >= 0.6 is 11.3 Å². The van der Waals surface area contributed by atoms with Crippen molar-refractivity contribution in [2.24, 2.45) is 0 Å². The van der Waals surface area contributed by atoms with E-state index in [0.29, 0.717) is 16.3 Å². The Kier molecular flexibility index (Phi) is 3.20. The van der Waals surface area contributed by atoms with Crippen molar-refractivity contribution in [3.05, 3.63) is 4.88 Å². The third-order valence-corrected chi connectivity index (χ3v) is 3.98.